The predicted molar refractivity (Wildman–Crippen MR) is 77.0 cm³/mol. The van der Waals surface area contributed by atoms with Crippen LogP contribution in [0.3, 0.4) is 0 Å². The second-order valence-electron chi connectivity index (χ2n) is 4.55. The average molecular weight is 317 g/mol. The molecule has 18 heavy (non-hydrogen) atoms. The molecule has 6 heteroatoms. The van der Waals surface area contributed by atoms with Crippen LogP contribution in [-0.4, -0.2) is 48.2 Å². The Morgan fingerprint density at radius 1 is 1.44 bits per heavy atom. The van der Waals surface area contributed by atoms with Crippen LogP contribution in [0.15, 0.2) is 15.6 Å². The van der Waals surface area contributed by atoms with Gasteiger partial charge in [-0.3, -0.25) is 9.36 Å². The second-order valence-corrected chi connectivity index (χ2v) is 5.34. The minimum Gasteiger partial charge on any atom is -0.315 e. The highest BCUT2D eigenvalue weighted by molar-refractivity contribution is 9.10. The highest BCUT2D eigenvalue weighted by atomic mass is 79.9. The Labute approximate surface area is 116 Å². The van der Waals surface area contributed by atoms with Crippen LogP contribution < -0.4 is 10.9 Å². The van der Waals surface area contributed by atoms with Crippen molar-refractivity contribution in [3.05, 3.63) is 26.8 Å². The van der Waals surface area contributed by atoms with Gasteiger partial charge in [-0.2, -0.15) is 0 Å². The molecule has 1 aromatic heterocycles. The third kappa shape index (κ3) is 4.88. The summed E-state index contributed by atoms with van der Waals surface area (Å²) in [5.74, 6) is 0. The standard InChI is InChI=1S/C12H21BrN4O/c1-10-11(13)12(18)17(9-15-10)8-6-14-5-4-7-16(2)3/h9,14H,4-8H2,1-3H3. The molecule has 0 saturated carbocycles. The van der Waals surface area contributed by atoms with Crippen molar-refractivity contribution in [2.24, 2.45) is 0 Å². The van der Waals surface area contributed by atoms with Crippen molar-refractivity contribution < 1.29 is 0 Å². The minimum absolute atomic E-state index is 0.0161. The van der Waals surface area contributed by atoms with Gasteiger partial charge in [0.05, 0.1) is 12.0 Å². The number of hydrogen-bond acceptors (Lipinski definition) is 4. The Hall–Kier alpha value is -0.720. The lowest BCUT2D eigenvalue weighted by atomic mass is 10.4. The van der Waals surface area contributed by atoms with Crippen LogP contribution in [0.2, 0.25) is 0 Å². The van der Waals surface area contributed by atoms with Gasteiger partial charge in [0.2, 0.25) is 0 Å². The van der Waals surface area contributed by atoms with Crippen molar-refractivity contribution >= 4 is 15.9 Å². The molecular weight excluding hydrogens is 296 g/mol. The number of rotatable bonds is 7. The van der Waals surface area contributed by atoms with E-state index in [4.69, 9.17) is 0 Å². The fraction of sp³-hybridized carbons (Fsp3) is 0.667. The zero-order chi connectivity index (χ0) is 13.5. The maximum Gasteiger partial charge on any atom is 0.267 e. The first-order valence-electron chi connectivity index (χ1n) is 6.09. The van der Waals surface area contributed by atoms with Gasteiger partial charge in [0.1, 0.15) is 4.47 Å². The van der Waals surface area contributed by atoms with E-state index >= 15 is 0 Å². The molecule has 0 aliphatic rings. The molecule has 0 bridgehead atoms. The van der Waals surface area contributed by atoms with Crippen molar-refractivity contribution in [1.29, 1.82) is 0 Å². The largest absolute Gasteiger partial charge is 0.315 e. The van der Waals surface area contributed by atoms with Gasteiger partial charge in [-0.25, -0.2) is 4.98 Å². The zero-order valence-corrected chi connectivity index (χ0v) is 12.8. The molecule has 1 N–H and O–H groups in total. The van der Waals surface area contributed by atoms with E-state index in [1.807, 2.05) is 6.92 Å². The van der Waals surface area contributed by atoms with Gasteiger partial charge in [0.25, 0.3) is 5.56 Å². The fourth-order valence-electron chi connectivity index (χ4n) is 1.55. The molecule has 1 aromatic rings. The summed E-state index contributed by atoms with van der Waals surface area (Å²) in [7, 11) is 4.13. The average Bonchev–Trinajstić information content (AvgIpc) is 2.33. The molecule has 1 heterocycles. The first kappa shape index (κ1) is 15.3. The SMILES string of the molecule is Cc1ncn(CCNCCCN(C)C)c(=O)c1Br. The first-order chi connectivity index (χ1) is 8.52. The Kier molecular flexibility index (Phi) is 6.52. The van der Waals surface area contributed by atoms with Gasteiger partial charge in [-0.05, 0) is 56.5 Å². The molecule has 0 spiro atoms. The number of halogens is 1. The van der Waals surface area contributed by atoms with Gasteiger partial charge in [-0.1, -0.05) is 0 Å². The van der Waals surface area contributed by atoms with Crippen LogP contribution in [0.5, 0.6) is 0 Å². The summed E-state index contributed by atoms with van der Waals surface area (Å²) in [6.45, 7) is 5.28. The van der Waals surface area contributed by atoms with E-state index in [1.54, 1.807) is 10.9 Å². The summed E-state index contributed by atoms with van der Waals surface area (Å²) in [6, 6.07) is 0. The van der Waals surface area contributed by atoms with E-state index in [1.165, 1.54) is 0 Å². The van der Waals surface area contributed by atoms with E-state index in [-0.39, 0.29) is 5.56 Å². The Morgan fingerprint density at radius 2 is 2.17 bits per heavy atom. The summed E-state index contributed by atoms with van der Waals surface area (Å²) in [5, 5.41) is 3.32. The third-order valence-electron chi connectivity index (χ3n) is 2.65. The highest BCUT2D eigenvalue weighted by Crippen LogP contribution is 2.05. The van der Waals surface area contributed by atoms with Gasteiger partial charge >= 0.3 is 0 Å². The smallest absolute Gasteiger partial charge is 0.267 e. The molecular formula is C12H21BrN4O. The van der Waals surface area contributed by atoms with Crippen LogP contribution in [0.25, 0.3) is 0 Å². The van der Waals surface area contributed by atoms with Gasteiger partial charge in [-0.15, -0.1) is 0 Å². The van der Waals surface area contributed by atoms with Crippen LogP contribution in [0.4, 0.5) is 0 Å². The van der Waals surface area contributed by atoms with E-state index in [2.05, 4.69) is 45.2 Å². The molecule has 0 fully saturated rings. The normalized spacial score (nSPS) is 11.2. The van der Waals surface area contributed by atoms with Crippen LogP contribution in [0.1, 0.15) is 12.1 Å². The number of nitrogens with one attached hydrogen (secondary N) is 1. The molecule has 1 rings (SSSR count). The van der Waals surface area contributed by atoms with E-state index in [0.717, 1.165) is 31.7 Å². The summed E-state index contributed by atoms with van der Waals surface area (Å²) >= 11 is 3.26. The molecule has 102 valence electrons. The lowest BCUT2D eigenvalue weighted by molar-refractivity contribution is 0.393. The van der Waals surface area contributed by atoms with Gasteiger partial charge in [0.15, 0.2) is 0 Å². The maximum absolute atomic E-state index is 11.8. The molecule has 0 unspecified atom stereocenters. The quantitative estimate of drug-likeness (QED) is 0.758. The van der Waals surface area contributed by atoms with Crippen molar-refractivity contribution in [3.63, 3.8) is 0 Å². The van der Waals surface area contributed by atoms with E-state index in [9.17, 15) is 4.79 Å². The lowest BCUT2D eigenvalue weighted by Gasteiger charge is -2.10. The lowest BCUT2D eigenvalue weighted by Crippen LogP contribution is -2.29. The summed E-state index contributed by atoms with van der Waals surface area (Å²) in [6.07, 6.45) is 2.71. The predicted octanol–water partition coefficient (Wildman–Crippen LogP) is 0.856. The van der Waals surface area contributed by atoms with E-state index < -0.39 is 0 Å². The van der Waals surface area contributed by atoms with Crippen molar-refractivity contribution in [2.45, 2.75) is 19.9 Å². The number of aryl methyl sites for hydroxylation is 1. The van der Waals surface area contributed by atoms with Crippen molar-refractivity contribution in [1.82, 2.24) is 19.8 Å². The molecule has 0 amide bonds. The topological polar surface area (TPSA) is 50.2 Å². The molecule has 0 radical (unpaired) electrons. The fourth-order valence-corrected chi connectivity index (χ4v) is 1.88. The molecule has 0 atom stereocenters. The summed E-state index contributed by atoms with van der Waals surface area (Å²) in [4.78, 5) is 18.2. The maximum atomic E-state index is 11.8. The van der Waals surface area contributed by atoms with Crippen LogP contribution in [0, 0.1) is 6.92 Å². The van der Waals surface area contributed by atoms with Crippen LogP contribution >= 0.6 is 15.9 Å². The number of aromatic nitrogens is 2. The molecule has 0 saturated heterocycles. The Balaban J connectivity index is 2.32. The van der Waals surface area contributed by atoms with Crippen molar-refractivity contribution in [2.75, 3.05) is 33.7 Å². The summed E-state index contributed by atoms with van der Waals surface area (Å²) < 4.78 is 2.17. The van der Waals surface area contributed by atoms with Crippen LogP contribution in [-0.2, 0) is 6.54 Å². The third-order valence-corrected chi connectivity index (χ3v) is 3.56. The van der Waals surface area contributed by atoms with Crippen molar-refractivity contribution in [3.8, 4) is 0 Å². The van der Waals surface area contributed by atoms with E-state index in [0.29, 0.717) is 11.0 Å². The minimum atomic E-state index is -0.0161. The monoisotopic (exact) mass is 316 g/mol. The number of hydrogen-bond donors (Lipinski definition) is 1. The Morgan fingerprint density at radius 3 is 2.83 bits per heavy atom. The zero-order valence-electron chi connectivity index (χ0n) is 11.2. The molecule has 0 aromatic carbocycles. The highest BCUT2D eigenvalue weighted by Gasteiger charge is 2.04. The van der Waals surface area contributed by atoms with Gasteiger partial charge in [0, 0.05) is 13.1 Å². The molecule has 0 aliphatic carbocycles. The second kappa shape index (κ2) is 7.66. The first-order valence-corrected chi connectivity index (χ1v) is 6.88. The molecule has 5 nitrogen and oxygen atoms in total. The molecule has 0 aliphatic heterocycles. The summed E-state index contributed by atoms with van der Waals surface area (Å²) in [5.41, 5.74) is 0.716. The Bertz CT molecular complexity index is 431. The number of nitrogens with zero attached hydrogens (tertiary/aromatic N) is 3. The van der Waals surface area contributed by atoms with Gasteiger partial charge < -0.3 is 10.2 Å².